The van der Waals surface area contributed by atoms with Crippen molar-refractivity contribution in [3.05, 3.63) is 12.5 Å². The lowest BCUT2D eigenvalue weighted by atomic mass is 9.95. The van der Waals surface area contributed by atoms with Gasteiger partial charge in [0.1, 0.15) is 6.33 Å². The smallest absolute Gasteiger partial charge is 0.225 e. The number of hydrogen-bond donors (Lipinski definition) is 0. The number of carbonyl (C=O) groups excluding carboxylic acids is 1. The summed E-state index contributed by atoms with van der Waals surface area (Å²) in [6.07, 6.45) is 7.45. The van der Waals surface area contributed by atoms with Gasteiger partial charge >= 0.3 is 0 Å². The van der Waals surface area contributed by atoms with Crippen LogP contribution in [0.3, 0.4) is 0 Å². The maximum absolute atomic E-state index is 12.5. The molecule has 128 valence electrons. The molecule has 0 spiro atoms. The van der Waals surface area contributed by atoms with Crippen molar-refractivity contribution in [2.24, 2.45) is 5.92 Å². The van der Waals surface area contributed by atoms with Crippen LogP contribution < -0.4 is 9.80 Å². The topological polar surface area (TPSA) is 52.6 Å². The minimum absolute atomic E-state index is 0.153. The molecule has 0 aromatic carbocycles. The van der Waals surface area contributed by atoms with E-state index < -0.39 is 0 Å². The molecule has 2 heterocycles. The molecule has 1 aromatic rings. The van der Waals surface area contributed by atoms with E-state index in [9.17, 15) is 4.79 Å². The van der Waals surface area contributed by atoms with E-state index in [-0.39, 0.29) is 5.92 Å². The fourth-order valence-electron chi connectivity index (χ4n) is 3.07. The van der Waals surface area contributed by atoms with Crippen molar-refractivity contribution in [3.8, 4) is 0 Å². The molecule has 2 rings (SSSR count). The average Bonchev–Trinajstić information content (AvgIpc) is 2.59. The van der Waals surface area contributed by atoms with E-state index in [1.54, 1.807) is 6.33 Å². The summed E-state index contributed by atoms with van der Waals surface area (Å²) in [7, 11) is 5.91. The first-order valence-electron chi connectivity index (χ1n) is 8.51. The van der Waals surface area contributed by atoms with Crippen molar-refractivity contribution in [2.45, 2.75) is 32.6 Å². The first-order chi connectivity index (χ1) is 11.0. The summed E-state index contributed by atoms with van der Waals surface area (Å²) in [5, 5.41) is 0. The van der Waals surface area contributed by atoms with Gasteiger partial charge in [-0.2, -0.15) is 0 Å². The van der Waals surface area contributed by atoms with Gasteiger partial charge in [-0.3, -0.25) is 4.79 Å². The number of hydrogen-bond acceptors (Lipinski definition) is 5. The van der Waals surface area contributed by atoms with E-state index in [1.807, 2.05) is 37.1 Å². The molecular weight excluding hydrogens is 290 g/mol. The second-order valence-corrected chi connectivity index (χ2v) is 6.50. The van der Waals surface area contributed by atoms with Crippen molar-refractivity contribution in [3.63, 3.8) is 0 Å². The highest BCUT2D eigenvalue weighted by Crippen LogP contribution is 2.29. The van der Waals surface area contributed by atoms with Crippen molar-refractivity contribution < 1.29 is 4.79 Å². The van der Waals surface area contributed by atoms with Gasteiger partial charge in [0.25, 0.3) is 0 Å². The quantitative estimate of drug-likeness (QED) is 0.803. The normalized spacial score (nSPS) is 15.6. The number of unbranched alkanes of at least 4 members (excludes halogenated alkanes) is 1. The monoisotopic (exact) mass is 319 g/mol. The lowest BCUT2D eigenvalue weighted by Crippen LogP contribution is -2.42. The van der Waals surface area contributed by atoms with Crippen LogP contribution >= 0.6 is 0 Å². The Balaban J connectivity index is 1.95. The van der Waals surface area contributed by atoms with E-state index in [1.165, 1.54) is 0 Å². The van der Waals surface area contributed by atoms with Crippen LogP contribution in [-0.4, -0.2) is 61.6 Å². The molecule has 23 heavy (non-hydrogen) atoms. The third-order valence-corrected chi connectivity index (χ3v) is 4.50. The van der Waals surface area contributed by atoms with Crippen LogP contribution in [0.4, 0.5) is 11.5 Å². The second kappa shape index (κ2) is 8.13. The summed E-state index contributed by atoms with van der Waals surface area (Å²) in [4.78, 5) is 27.2. The van der Waals surface area contributed by atoms with Crippen LogP contribution in [0.2, 0.25) is 0 Å². The van der Waals surface area contributed by atoms with Gasteiger partial charge in [0.2, 0.25) is 5.91 Å². The Kier molecular flexibility index (Phi) is 6.19. The minimum atomic E-state index is 0.153. The predicted molar refractivity (Wildman–Crippen MR) is 93.8 cm³/mol. The number of piperidine rings is 1. The van der Waals surface area contributed by atoms with E-state index in [0.717, 1.165) is 56.8 Å². The Labute approximate surface area is 139 Å². The molecule has 1 saturated heterocycles. The summed E-state index contributed by atoms with van der Waals surface area (Å²) in [5.74, 6) is 1.39. The molecule has 1 amide bonds. The summed E-state index contributed by atoms with van der Waals surface area (Å²) < 4.78 is 0. The highest BCUT2D eigenvalue weighted by Gasteiger charge is 2.28. The Morgan fingerprint density at radius 3 is 2.61 bits per heavy atom. The Morgan fingerprint density at radius 1 is 1.30 bits per heavy atom. The van der Waals surface area contributed by atoms with Crippen molar-refractivity contribution in [2.75, 3.05) is 50.6 Å². The highest BCUT2D eigenvalue weighted by molar-refractivity contribution is 5.79. The van der Waals surface area contributed by atoms with Gasteiger partial charge in [-0.05, 0) is 19.3 Å². The van der Waals surface area contributed by atoms with E-state index in [4.69, 9.17) is 0 Å². The number of amides is 1. The number of rotatable bonds is 6. The van der Waals surface area contributed by atoms with E-state index >= 15 is 0 Å². The van der Waals surface area contributed by atoms with Crippen molar-refractivity contribution in [1.82, 2.24) is 14.9 Å². The third-order valence-electron chi connectivity index (χ3n) is 4.50. The van der Waals surface area contributed by atoms with E-state index in [0.29, 0.717) is 5.91 Å². The Morgan fingerprint density at radius 2 is 2.00 bits per heavy atom. The molecular formula is C17H29N5O. The molecule has 6 nitrogen and oxygen atoms in total. The van der Waals surface area contributed by atoms with Crippen LogP contribution in [0.1, 0.15) is 32.6 Å². The molecule has 1 aromatic heterocycles. The van der Waals surface area contributed by atoms with Gasteiger partial charge in [0.15, 0.2) is 5.82 Å². The van der Waals surface area contributed by atoms with Crippen molar-refractivity contribution >= 4 is 17.4 Å². The SMILES string of the molecule is CCCCN(C)C(=O)C1CCN(c2cncnc2N(C)C)CC1. The van der Waals surface area contributed by atoms with Gasteiger partial charge in [0, 0.05) is 46.7 Å². The maximum atomic E-state index is 12.5. The maximum Gasteiger partial charge on any atom is 0.225 e. The van der Waals surface area contributed by atoms with Gasteiger partial charge < -0.3 is 14.7 Å². The number of anilines is 2. The van der Waals surface area contributed by atoms with Gasteiger partial charge in [-0.15, -0.1) is 0 Å². The standard InChI is InChI=1S/C17H29N5O/c1-5-6-9-21(4)17(23)14-7-10-22(11-8-14)15-12-18-13-19-16(15)20(2)3/h12-14H,5-11H2,1-4H3. The van der Waals surface area contributed by atoms with Crippen LogP contribution in [-0.2, 0) is 4.79 Å². The zero-order valence-corrected chi connectivity index (χ0v) is 14.8. The van der Waals surface area contributed by atoms with Crippen molar-refractivity contribution in [1.29, 1.82) is 0 Å². The molecule has 0 radical (unpaired) electrons. The molecule has 0 aliphatic carbocycles. The lowest BCUT2D eigenvalue weighted by Gasteiger charge is -2.35. The molecule has 1 aliphatic rings. The van der Waals surface area contributed by atoms with Crippen LogP contribution in [0, 0.1) is 5.92 Å². The fourth-order valence-corrected chi connectivity index (χ4v) is 3.07. The molecule has 0 N–H and O–H groups in total. The van der Waals surface area contributed by atoms with Crippen LogP contribution in [0.25, 0.3) is 0 Å². The van der Waals surface area contributed by atoms with Gasteiger partial charge in [-0.1, -0.05) is 13.3 Å². The summed E-state index contributed by atoms with van der Waals surface area (Å²) >= 11 is 0. The molecule has 0 bridgehead atoms. The molecule has 1 aliphatic heterocycles. The van der Waals surface area contributed by atoms with Gasteiger partial charge in [0.05, 0.1) is 11.9 Å². The van der Waals surface area contributed by atoms with Crippen LogP contribution in [0.15, 0.2) is 12.5 Å². The number of carbonyl (C=O) groups is 1. The summed E-state index contributed by atoms with van der Waals surface area (Å²) in [5.41, 5.74) is 1.06. The van der Waals surface area contributed by atoms with E-state index in [2.05, 4.69) is 21.8 Å². The first-order valence-corrected chi connectivity index (χ1v) is 8.51. The Hall–Kier alpha value is -1.85. The number of nitrogens with zero attached hydrogens (tertiary/aromatic N) is 5. The predicted octanol–water partition coefficient (Wildman–Crippen LogP) is 2.02. The summed E-state index contributed by atoms with van der Waals surface area (Å²) in [6.45, 7) is 4.78. The van der Waals surface area contributed by atoms with Crippen LogP contribution in [0.5, 0.6) is 0 Å². The van der Waals surface area contributed by atoms with Gasteiger partial charge in [-0.25, -0.2) is 9.97 Å². The third kappa shape index (κ3) is 4.33. The average molecular weight is 319 g/mol. The zero-order valence-electron chi connectivity index (χ0n) is 14.8. The first kappa shape index (κ1) is 17.5. The molecule has 0 atom stereocenters. The minimum Gasteiger partial charge on any atom is -0.367 e. The Bertz CT molecular complexity index is 511. The highest BCUT2D eigenvalue weighted by atomic mass is 16.2. The number of aromatic nitrogens is 2. The summed E-state index contributed by atoms with van der Waals surface area (Å²) in [6, 6.07) is 0. The fraction of sp³-hybridized carbons (Fsp3) is 0.706. The molecule has 0 unspecified atom stereocenters. The molecule has 6 heteroatoms. The zero-order chi connectivity index (χ0) is 16.8. The molecule has 0 saturated carbocycles. The lowest BCUT2D eigenvalue weighted by molar-refractivity contribution is -0.134. The second-order valence-electron chi connectivity index (χ2n) is 6.50. The largest absolute Gasteiger partial charge is 0.367 e. The molecule has 1 fully saturated rings.